The molecule has 6 rings (SSSR count). The summed E-state index contributed by atoms with van der Waals surface area (Å²) in [6.45, 7) is 24.4. The van der Waals surface area contributed by atoms with Gasteiger partial charge in [0.2, 0.25) is 0 Å². The molecule has 2 fully saturated rings. The first-order valence-corrected chi connectivity index (χ1v) is 25.3. The molecule has 3 aliphatic heterocycles. The average Bonchev–Trinajstić information content (AvgIpc) is 4.00. The van der Waals surface area contributed by atoms with Crippen LogP contribution in [0, 0.1) is 61.2 Å². The number of aliphatic hydroxyl groups is 2. The quantitative estimate of drug-likeness (QED) is 0.0607. The molecule has 6 N–H and O–H groups in total. The Kier molecular flexibility index (Phi) is 17.1. The predicted molar refractivity (Wildman–Crippen MR) is 264 cm³/mol. The molecular formula is C55H84N4O6. The molecule has 2 aromatic rings. The smallest absolute Gasteiger partial charge is 0.320 e. The van der Waals surface area contributed by atoms with Gasteiger partial charge >= 0.3 is 11.9 Å². The van der Waals surface area contributed by atoms with Gasteiger partial charge in [0.15, 0.2) is 0 Å². The summed E-state index contributed by atoms with van der Waals surface area (Å²) in [4.78, 5) is 34.6. The van der Waals surface area contributed by atoms with Crippen molar-refractivity contribution in [3.05, 3.63) is 61.0 Å². The summed E-state index contributed by atoms with van der Waals surface area (Å²) in [5, 5.41) is 33.9. The third kappa shape index (κ3) is 11.3. The molecule has 0 saturated carbocycles. The van der Waals surface area contributed by atoms with E-state index in [-0.39, 0.29) is 72.3 Å². The molecule has 10 heteroatoms. The van der Waals surface area contributed by atoms with Gasteiger partial charge in [-0.05, 0) is 124 Å². The molecule has 360 valence electrons. The molecule has 2 aromatic heterocycles. The van der Waals surface area contributed by atoms with Crippen molar-refractivity contribution in [2.24, 2.45) is 47.3 Å². The van der Waals surface area contributed by atoms with E-state index in [0.29, 0.717) is 18.1 Å². The number of carbonyl (C=O) groups is 2. The molecular weight excluding hydrogens is 813 g/mol. The van der Waals surface area contributed by atoms with Gasteiger partial charge in [0.05, 0.1) is 18.2 Å². The van der Waals surface area contributed by atoms with E-state index in [1.54, 1.807) is 6.92 Å². The van der Waals surface area contributed by atoms with Gasteiger partial charge in [-0.2, -0.15) is 0 Å². The van der Waals surface area contributed by atoms with Gasteiger partial charge in [-0.15, -0.1) is 0 Å². The number of nitrogens with one attached hydrogen (secondary N) is 4. The number of aromatic nitrogens is 2. The van der Waals surface area contributed by atoms with Crippen LogP contribution < -0.4 is 31.8 Å². The second kappa shape index (κ2) is 22.1. The number of hydrogen-bond acceptors (Lipinski definition) is 8. The van der Waals surface area contributed by atoms with Crippen LogP contribution in [0.3, 0.4) is 0 Å². The van der Waals surface area contributed by atoms with Crippen molar-refractivity contribution in [1.82, 2.24) is 20.6 Å². The maximum atomic E-state index is 13.7. The number of fused-ring (bicyclic) bond motifs is 8. The Hall–Kier alpha value is -4.18. The highest BCUT2D eigenvalue weighted by Gasteiger charge is 2.48. The molecule has 0 spiro atoms. The molecule has 2 saturated heterocycles. The minimum atomic E-state index is -0.980. The van der Waals surface area contributed by atoms with Crippen molar-refractivity contribution < 1.29 is 29.3 Å². The van der Waals surface area contributed by atoms with E-state index in [4.69, 9.17) is 9.47 Å². The third-order valence-electron chi connectivity index (χ3n) is 16.0. The lowest BCUT2D eigenvalue weighted by Crippen LogP contribution is -2.40. The second-order valence-electron chi connectivity index (χ2n) is 21.2. The summed E-state index contributed by atoms with van der Waals surface area (Å²) >= 11 is 0. The first-order chi connectivity index (χ1) is 30.9. The van der Waals surface area contributed by atoms with E-state index >= 15 is 0 Å². The number of aromatic amines is 2. The van der Waals surface area contributed by atoms with Crippen LogP contribution >= 0.6 is 0 Å². The van der Waals surface area contributed by atoms with Crippen LogP contribution in [0.2, 0.25) is 0 Å². The van der Waals surface area contributed by atoms with Crippen LogP contribution in [0.15, 0.2) is 17.3 Å². The van der Waals surface area contributed by atoms with Crippen molar-refractivity contribution in [2.75, 3.05) is 13.7 Å². The molecule has 0 amide bonds. The number of H-pyrrole nitrogens is 2. The van der Waals surface area contributed by atoms with E-state index in [1.807, 2.05) is 6.92 Å². The monoisotopic (exact) mass is 897 g/mol. The average molecular weight is 897 g/mol. The fourth-order valence-electron chi connectivity index (χ4n) is 11.9. The van der Waals surface area contributed by atoms with Gasteiger partial charge in [0.25, 0.3) is 0 Å². The lowest BCUT2D eigenvalue weighted by atomic mass is 9.79. The number of esters is 2. The zero-order valence-corrected chi connectivity index (χ0v) is 42.0. The fraction of sp³-hybridized carbons (Fsp3) is 0.673. The lowest BCUT2D eigenvalue weighted by molar-refractivity contribution is -0.143. The number of carbonyl (C=O) groups excluding carboxylic acids is 2. The summed E-state index contributed by atoms with van der Waals surface area (Å²) in [6, 6.07) is -0.373. The van der Waals surface area contributed by atoms with Gasteiger partial charge in [0, 0.05) is 69.8 Å². The van der Waals surface area contributed by atoms with Crippen LogP contribution in [0.25, 0.3) is 29.2 Å². The van der Waals surface area contributed by atoms with E-state index in [9.17, 15) is 19.8 Å². The van der Waals surface area contributed by atoms with E-state index in [1.165, 1.54) is 57.6 Å². The maximum Gasteiger partial charge on any atom is 0.320 e. The van der Waals surface area contributed by atoms with Crippen molar-refractivity contribution >= 4 is 41.2 Å². The maximum absolute atomic E-state index is 13.7. The van der Waals surface area contributed by atoms with E-state index in [0.717, 1.165) is 86.7 Å². The highest BCUT2D eigenvalue weighted by Crippen LogP contribution is 2.41. The molecule has 0 radical (unpaired) electrons. The predicted octanol–water partition coefficient (Wildman–Crippen LogP) is 8.58. The minimum absolute atomic E-state index is 0.000958. The van der Waals surface area contributed by atoms with Gasteiger partial charge in [0.1, 0.15) is 18.3 Å². The lowest BCUT2D eigenvalue weighted by Gasteiger charge is -2.26. The topological polar surface area (TPSA) is 149 Å². The first-order valence-electron chi connectivity index (χ1n) is 25.3. The van der Waals surface area contributed by atoms with Gasteiger partial charge in [-0.25, -0.2) is 0 Å². The van der Waals surface area contributed by atoms with Crippen molar-refractivity contribution in [3.63, 3.8) is 0 Å². The molecule has 10 atom stereocenters. The zero-order chi connectivity index (χ0) is 47.3. The van der Waals surface area contributed by atoms with E-state index < -0.39 is 11.9 Å². The van der Waals surface area contributed by atoms with E-state index in [2.05, 4.69) is 101 Å². The molecule has 1 aliphatic carbocycles. The van der Waals surface area contributed by atoms with Crippen molar-refractivity contribution in [2.45, 2.75) is 178 Å². The Morgan fingerprint density at radius 1 is 0.923 bits per heavy atom. The summed E-state index contributed by atoms with van der Waals surface area (Å²) in [6.07, 6.45) is 20.2. The molecule has 10 nitrogen and oxygen atoms in total. The summed E-state index contributed by atoms with van der Waals surface area (Å²) < 4.78 is 11.2. The Bertz CT molecular complexity index is 2330. The Balaban J connectivity index is 1.20. The second-order valence-corrected chi connectivity index (χ2v) is 21.2. The molecule has 8 bridgehead atoms. The van der Waals surface area contributed by atoms with Crippen molar-refractivity contribution in [3.8, 4) is 0 Å². The number of ether oxygens (including phenoxy) is 2. The number of rotatable bonds is 19. The summed E-state index contributed by atoms with van der Waals surface area (Å²) in [5.74, 6) is 1.44. The van der Waals surface area contributed by atoms with Crippen LogP contribution in [0.4, 0.5) is 0 Å². The largest absolute Gasteiger partial charge is 0.512 e. The molecule has 5 heterocycles. The van der Waals surface area contributed by atoms with Crippen LogP contribution in [-0.4, -0.2) is 64.0 Å². The fourth-order valence-corrected chi connectivity index (χ4v) is 11.9. The number of methoxy groups -OCH3 is 1. The van der Waals surface area contributed by atoms with Gasteiger partial charge in [-0.3, -0.25) is 9.59 Å². The van der Waals surface area contributed by atoms with Crippen LogP contribution in [0.1, 0.15) is 162 Å². The van der Waals surface area contributed by atoms with Gasteiger partial charge < -0.3 is 40.3 Å². The summed E-state index contributed by atoms with van der Waals surface area (Å²) in [7, 11) is 1.37. The number of allylic oxidation sites excluding steroid dienone is 2. The Labute approximate surface area is 389 Å². The van der Waals surface area contributed by atoms with Crippen molar-refractivity contribution in [1.29, 1.82) is 0 Å². The third-order valence-corrected chi connectivity index (χ3v) is 16.0. The molecule has 0 aromatic carbocycles. The highest BCUT2D eigenvalue weighted by atomic mass is 16.5. The highest BCUT2D eigenvalue weighted by molar-refractivity contribution is 5.95. The molecule has 1 unspecified atom stereocenters. The first kappa shape index (κ1) is 50.2. The summed E-state index contributed by atoms with van der Waals surface area (Å²) in [5.41, 5.74) is 6.93. The normalized spacial score (nSPS) is 27.8. The number of hydrogen-bond donors (Lipinski definition) is 6. The van der Waals surface area contributed by atoms with Crippen LogP contribution in [0.5, 0.6) is 0 Å². The molecule has 4 aliphatic rings. The minimum Gasteiger partial charge on any atom is -0.512 e. The SMILES string of the molecule is CC[C@H]1/C2=C/c3[nH]c4c(c3C)=C(O)[C@H](C(=O)OC)C=4[C@@H]3NC(Cc4[nH]c(/c(=C(/C)O)c4C)=C\[C@@H](N2)[C@@H]1C)[C@@H](C)[C@@H]3CCC(=O)OC/C=C(/C)CCC[C@H](C)CCC[C@H](C)CCCC(C)C. The zero-order valence-electron chi connectivity index (χ0n) is 42.0. The number of aliphatic hydroxyl groups excluding tert-OH is 2. The Morgan fingerprint density at radius 3 is 2.25 bits per heavy atom. The standard InChI is InChI=1S/C55H84N4O6/c1-13-39-34(7)41-29-46-48(38(11)60)36(9)43(57-46)27-42-35(8)40(52(58-42)50-51(55(63)64-12)54(62)49-37(10)44(59-53(49)50)28-45(39)56-41)23-24-47(61)65-26-25-33(6)22-16-21-32(5)20-15-19-31(4)18-14-17-30(2)3/h25,28-32,34-35,39-42,51-52,56-60,62H,13-24,26-27H2,1-12H3/b33-25-,45-28-,46-29-,48-38-/t31-,32-,34-,35+,39-,40+,41-,42?,51-,52-/m1/s1. The van der Waals surface area contributed by atoms with Crippen LogP contribution in [-0.2, 0) is 25.5 Å². The van der Waals surface area contributed by atoms with Gasteiger partial charge in [-0.1, -0.05) is 99.0 Å². The Morgan fingerprint density at radius 2 is 1.60 bits per heavy atom. The molecule has 65 heavy (non-hydrogen) atoms.